The first-order valence-corrected chi connectivity index (χ1v) is 15.0. The highest BCUT2D eigenvalue weighted by atomic mass is 16.3. The summed E-state index contributed by atoms with van der Waals surface area (Å²) in [6, 6.07) is 8.80. The highest BCUT2D eigenvalue weighted by Gasteiger charge is 2.64. The van der Waals surface area contributed by atoms with Crippen LogP contribution in [0.4, 0.5) is 0 Å². The third-order valence-electron chi connectivity index (χ3n) is 9.22. The zero-order chi connectivity index (χ0) is 33.7. The van der Waals surface area contributed by atoms with Crippen molar-refractivity contribution >= 4 is 35.9 Å². The normalized spacial score (nSPS) is 24.1. The number of aliphatic hydroxyl groups excluding tert-OH is 2. The number of hydrogen-bond acceptors (Lipinski definition) is 10. The van der Waals surface area contributed by atoms with Crippen LogP contribution in [0.1, 0.15) is 34.3 Å². The maximum atomic E-state index is 14.1. The van der Waals surface area contributed by atoms with E-state index in [1.165, 1.54) is 11.0 Å². The molecule has 46 heavy (non-hydrogen) atoms. The molecule has 0 unspecified atom stereocenters. The third-order valence-corrected chi connectivity index (χ3v) is 9.22. The van der Waals surface area contributed by atoms with E-state index >= 15 is 0 Å². The van der Waals surface area contributed by atoms with Crippen molar-refractivity contribution < 1.29 is 39.6 Å². The molecule has 3 aliphatic rings. The summed E-state index contributed by atoms with van der Waals surface area (Å²) in [5.74, 6) is -7.19. The number of nitrogens with one attached hydrogen (secondary N) is 1. The van der Waals surface area contributed by atoms with Gasteiger partial charge in [0.15, 0.2) is 11.4 Å². The van der Waals surface area contributed by atoms with E-state index < -0.39 is 58.0 Å². The second-order valence-electron chi connectivity index (χ2n) is 12.5. The average molecular weight is 631 g/mol. The standard InChI is InChI=1S/C34H38N4O8/c1-35-33(45)26-29(41)27(38(4)5)22-16-19-15-21-20(17-8-6-9-18(14-17)32(44)36-12-7-13-37(2)3)10-11-23(39)25(21)28(40)24(19)30(42)34(22,46)31(26)43/h6,8-11,14,19,22,27,39-40,43,46H,1,7,12-13,15-16H2,2-5H3,(H,36,44)/t19-,22-,27+,34-/m0/s1. The van der Waals surface area contributed by atoms with E-state index in [1.54, 1.807) is 44.4 Å². The summed E-state index contributed by atoms with van der Waals surface area (Å²) in [5.41, 5.74) is -1.57. The van der Waals surface area contributed by atoms with Crippen LogP contribution < -0.4 is 5.32 Å². The number of carbonyl (C=O) groups excluding carboxylic acids is 4. The van der Waals surface area contributed by atoms with E-state index in [1.807, 2.05) is 19.0 Å². The molecule has 0 radical (unpaired) electrons. The molecule has 0 aromatic heterocycles. The first kappa shape index (κ1) is 32.7. The molecular formula is C34H38N4O8. The molecule has 242 valence electrons. The molecule has 2 aromatic carbocycles. The van der Waals surface area contributed by atoms with Crippen molar-refractivity contribution in [1.29, 1.82) is 0 Å². The minimum Gasteiger partial charge on any atom is -0.508 e. The molecule has 2 amide bonds. The van der Waals surface area contributed by atoms with Gasteiger partial charge in [-0.1, -0.05) is 18.2 Å². The Hall–Kier alpha value is -4.65. The summed E-state index contributed by atoms with van der Waals surface area (Å²) in [7, 11) is 7.03. The SMILES string of the molecule is C=NC(=O)C1=C(O)[C@@]2(O)C(=O)C3=C(O)c4c(O)ccc(-c5cccc(C(=O)NCCCN(C)C)c5)c4C[C@H]3C[C@H]2[C@@H](N(C)C)C1=O. The number of hydrogen-bond donors (Lipinski definition) is 5. The lowest BCUT2D eigenvalue weighted by molar-refractivity contribution is -0.153. The summed E-state index contributed by atoms with van der Waals surface area (Å²) < 4.78 is 0. The number of aromatic hydroxyl groups is 1. The quantitative estimate of drug-likeness (QED) is 0.165. The maximum absolute atomic E-state index is 14.1. The number of rotatable bonds is 8. The van der Waals surface area contributed by atoms with Gasteiger partial charge < -0.3 is 30.6 Å². The van der Waals surface area contributed by atoms with Crippen LogP contribution in [-0.2, 0) is 20.8 Å². The Morgan fingerprint density at radius 3 is 2.46 bits per heavy atom. The fraction of sp³-hybridized carbons (Fsp3) is 0.382. The molecule has 1 saturated carbocycles. The summed E-state index contributed by atoms with van der Waals surface area (Å²) in [6.45, 7) is 4.45. The Labute approximate surface area is 266 Å². The van der Waals surface area contributed by atoms with Crippen LogP contribution >= 0.6 is 0 Å². The van der Waals surface area contributed by atoms with Crippen LogP contribution in [0.3, 0.4) is 0 Å². The summed E-state index contributed by atoms with van der Waals surface area (Å²) in [6.07, 6.45) is 0.897. The maximum Gasteiger partial charge on any atom is 0.283 e. The highest BCUT2D eigenvalue weighted by molar-refractivity contribution is 6.25. The number of phenols is 1. The van der Waals surface area contributed by atoms with Crippen molar-refractivity contribution in [1.82, 2.24) is 15.1 Å². The number of nitrogens with zero attached hydrogens (tertiary/aromatic N) is 3. The number of likely N-dealkylation sites (N-methyl/N-ethyl adjacent to an activating group) is 1. The molecule has 12 nitrogen and oxygen atoms in total. The first-order valence-electron chi connectivity index (χ1n) is 15.0. The summed E-state index contributed by atoms with van der Waals surface area (Å²) in [4.78, 5) is 59.8. The number of amides is 2. The van der Waals surface area contributed by atoms with Crippen molar-refractivity contribution in [3.8, 4) is 16.9 Å². The molecule has 12 heteroatoms. The van der Waals surface area contributed by atoms with Crippen molar-refractivity contribution in [2.75, 3.05) is 41.3 Å². The third kappa shape index (κ3) is 5.21. The topological polar surface area (TPSA) is 180 Å². The number of Topliss-reactive ketones (excluding diaryl/α,β-unsaturated/α-hetero) is 2. The molecule has 3 aliphatic carbocycles. The number of carbonyl (C=O) groups is 4. The number of benzene rings is 2. The lowest BCUT2D eigenvalue weighted by Gasteiger charge is -2.50. The van der Waals surface area contributed by atoms with Crippen molar-refractivity contribution in [2.24, 2.45) is 16.8 Å². The fourth-order valence-electron chi connectivity index (χ4n) is 7.09. The van der Waals surface area contributed by atoms with E-state index in [-0.39, 0.29) is 35.6 Å². The summed E-state index contributed by atoms with van der Waals surface area (Å²) in [5, 5.41) is 48.4. The van der Waals surface area contributed by atoms with Gasteiger partial charge in [-0.25, -0.2) is 4.99 Å². The molecule has 1 fully saturated rings. The van der Waals surface area contributed by atoms with E-state index in [9.17, 15) is 39.6 Å². The van der Waals surface area contributed by atoms with Gasteiger partial charge in [-0.3, -0.25) is 24.1 Å². The molecule has 4 atom stereocenters. The Morgan fingerprint density at radius 1 is 1.09 bits per heavy atom. The summed E-state index contributed by atoms with van der Waals surface area (Å²) >= 11 is 0. The lowest BCUT2D eigenvalue weighted by atomic mass is 9.57. The minimum atomic E-state index is -2.71. The largest absolute Gasteiger partial charge is 0.508 e. The van der Waals surface area contributed by atoms with Crippen LogP contribution in [0.15, 0.2) is 58.3 Å². The second-order valence-corrected chi connectivity index (χ2v) is 12.5. The zero-order valence-corrected chi connectivity index (χ0v) is 26.2. The van der Waals surface area contributed by atoms with Gasteiger partial charge in [0.05, 0.1) is 11.6 Å². The van der Waals surface area contributed by atoms with Gasteiger partial charge in [0.1, 0.15) is 22.8 Å². The van der Waals surface area contributed by atoms with Gasteiger partial charge in [-0.15, -0.1) is 0 Å². The minimum absolute atomic E-state index is 0.0127. The molecule has 0 saturated heterocycles. The smallest absolute Gasteiger partial charge is 0.283 e. The number of aliphatic imine (C=N–C) groups is 1. The molecule has 0 bridgehead atoms. The van der Waals surface area contributed by atoms with E-state index in [0.29, 0.717) is 28.8 Å². The molecule has 0 heterocycles. The van der Waals surface area contributed by atoms with Gasteiger partial charge >= 0.3 is 0 Å². The molecule has 0 aliphatic heterocycles. The number of phenolic OH excluding ortho intramolecular Hbond substituents is 1. The zero-order valence-electron chi connectivity index (χ0n) is 26.2. The fourth-order valence-corrected chi connectivity index (χ4v) is 7.09. The van der Waals surface area contributed by atoms with Crippen LogP contribution in [-0.4, -0.2) is 113 Å². The predicted molar refractivity (Wildman–Crippen MR) is 171 cm³/mol. The van der Waals surface area contributed by atoms with Crippen molar-refractivity contribution in [2.45, 2.75) is 30.9 Å². The molecule has 2 aromatic rings. The van der Waals surface area contributed by atoms with Gasteiger partial charge in [-0.2, -0.15) is 0 Å². The Balaban J connectivity index is 1.59. The van der Waals surface area contributed by atoms with E-state index in [4.69, 9.17) is 0 Å². The van der Waals surface area contributed by atoms with Crippen LogP contribution in [0.2, 0.25) is 0 Å². The van der Waals surface area contributed by atoms with E-state index in [2.05, 4.69) is 17.0 Å². The number of fused-ring (bicyclic) bond motifs is 3. The van der Waals surface area contributed by atoms with Gasteiger partial charge in [-0.05, 0) is 102 Å². The Bertz CT molecular complexity index is 1730. The molecular weight excluding hydrogens is 592 g/mol. The highest BCUT2D eigenvalue weighted by Crippen LogP contribution is 2.53. The van der Waals surface area contributed by atoms with Crippen LogP contribution in [0.25, 0.3) is 16.9 Å². The predicted octanol–water partition coefficient (Wildman–Crippen LogP) is 2.05. The monoisotopic (exact) mass is 630 g/mol. The molecule has 0 spiro atoms. The molecule has 5 rings (SSSR count). The molecule has 5 N–H and O–H groups in total. The van der Waals surface area contributed by atoms with Crippen LogP contribution in [0, 0.1) is 11.8 Å². The lowest BCUT2D eigenvalue weighted by Crippen LogP contribution is -2.65. The van der Waals surface area contributed by atoms with Gasteiger partial charge in [0.2, 0.25) is 5.78 Å². The van der Waals surface area contributed by atoms with Crippen LogP contribution in [0.5, 0.6) is 5.75 Å². The Kier molecular flexibility index (Phi) is 8.73. The van der Waals surface area contributed by atoms with E-state index in [0.717, 1.165) is 13.0 Å². The number of ketones is 2. The van der Waals surface area contributed by atoms with Crippen molar-refractivity contribution in [3.63, 3.8) is 0 Å². The van der Waals surface area contributed by atoms with Crippen molar-refractivity contribution in [3.05, 3.63) is 70.0 Å². The van der Waals surface area contributed by atoms with Gasteiger partial charge in [0.25, 0.3) is 11.8 Å². The Morgan fingerprint density at radius 2 is 1.80 bits per heavy atom. The van der Waals surface area contributed by atoms with Gasteiger partial charge in [0, 0.05) is 23.6 Å². The average Bonchev–Trinajstić information content (AvgIpc) is 3.00. The second kappa shape index (κ2) is 12.3. The first-order chi connectivity index (χ1) is 21.7. The number of aliphatic hydroxyl groups is 3.